The molecule has 2 aliphatic heterocycles. The zero-order chi connectivity index (χ0) is 29.2. The lowest BCUT2D eigenvalue weighted by atomic mass is 9.47. The van der Waals surface area contributed by atoms with Gasteiger partial charge in [0.15, 0.2) is 23.4 Å². The van der Waals surface area contributed by atoms with Gasteiger partial charge in [-0.05, 0) is 80.0 Å². The average Bonchev–Trinajstić information content (AvgIpc) is 3.64. The third kappa shape index (κ3) is 4.94. The molecular formula is C30H33ClN2O7S. The lowest BCUT2D eigenvalue weighted by Gasteiger charge is -2.65. The van der Waals surface area contributed by atoms with Gasteiger partial charge in [-0.1, -0.05) is 29.8 Å². The third-order valence-corrected chi connectivity index (χ3v) is 9.51. The van der Waals surface area contributed by atoms with Crippen LogP contribution in [-0.4, -0.2) is 71.7 Å². The van der Waals surface area contributed by atoms with Gasteiger partial charge < -0.3 is 15.2 Å². The van der Waals surface area contributed by atoms with Crippen LogP contribution in [0.25, 0.3) is 6.08 Å². The number of nitrogens with zero attached hydrogens (tertiary/aromatic N) is 1. The first-order chi connectivity index (χ1) is 19.4. The number of rotatable bonds is 5. The molecule has 2 heterocycles. The summed E-state index contributed by atoms with van der Waals surface area (Å²) in [6.07, 6.45) is 8.34. The second-order valence-corrected chi connectivity index (χ2v) is 13.8. The standard InChI is InChI=1S/C29H29ClN2O4.CH4O3S/c30-20-7-3-17(4-8-20)5-10-24(35)31-29-12-11-22(34)27-28(29)13-14-32(16-18-1-2-18)23(29)15-19-6-9-21(33)26(36-27)25(19)28;1-5(2,3)4/h3-10,18,23,27,33H,1-2,11-16H2,(H,31,35);1H3,(H,2,3,4)/b10-5+;/t23?,27-,28?,29+;/m0./s1. The van der Waals surface area contributed by atoms with Gasteiger partial charge >= 0.3 is 0 Å². The molecule has 3 N–H and O–H groups in total. The number of likely N-dealkylation sites (tertiary alicyclic amines) is 1. The fourth-order valence-electron chi connectivity index (χ4n) is 7.57. The van der Waals surface area contributed by atoms with Gasteiger partial charge in [-0.2, -0.15) is 8.42 Å². The quantitative estimate of drug-likeness (QED) is 0.351. The number of Topliss-reactive ketones (excluding diaryl/α,β-unsaturated/α-hetero) is 1. The molecular weight excluding hydrogens is 568 g/mol. The summed E-state index contributed by atoms with van der Waals surface area (Å²) in [5, 5.41) is 14.8. The first kappa shape index (κ1) is 28.2. The third-order valence-electron chi connectivity index (χ3n) is 9.26. The van der Waals surface area contributed by atoms with Crippen molar-refractivity contribution in [2.24, 2.45) is 5.92 Å². The van der Waals surface area contributed by atoms with Crippen LogP contribution in [0.1, 0.15) is 48.8 Å². The zero-order valence-electron chi connectivity index (χ0n) is 22.7. The van der Waals surface area contributed by atoms with Crippen molar-refractivity contribution in [3.63, 3.8) is 0 Å². The molecule has 218 valence electrons. The van der Waals surface area contributed by atoms with E-state index in [2.05, 4.69) is 10.2 Å². The molecule has 0 radical (unpaired) electrons. The molecule has 2 bridgehead atoms. The number of piperidine rings is 1. The van der Waals surface area contributed by atoms with E-state index in [-0.39, 0.29) is 23.5 Å². The van der Waals surface area contributed by atoms with E-state index < -0.39 is 27.2 Å². The molecule has 1 saturated heterocycles. The van der Waals surface area contributed by atoms with Crippen LogP contribution in [0.15, 0.2) is 42.5 Å². The van der Waals surface area contributed by atoms with Crippen LogP contribution >= 0.6 is 11.6 Å². The molecule has 9 nitrogen and oxygen atoms in total. The predicted molar refractivity (Wildman–Crippen MR) is 154 cm³/mol. The fraction of sp³-hybridized carbons (Fsp3) is 0.467. The number of carbonyl (C=O) groups excluding carboxylic acids is 2. The van der Waals surface area contributed by atoms with Gasteiger partial charge in [-0.3, -0.25) is 19.0 Å². The van der Waals surface area contributed by atoms with E-state index in [0.29, 0.717) is 35.8 Å². The molecule has 11 heteroatoms. The van der Waals surface area contributed by atoms with Gasteiger partial charge in [0.05, 0.1) is 17.2 Å². The molecule has 2 aromatic rings. The van der Waals surface area contributed by atoms with Crippen molar-refractivity contribution in [3.05, 3.63) is 64.2 Å². The molecule has 2 saturated carbocycles. The topological polar surface area (TPSA) is 133 Å². The summed E-state index contributed by atoms with van der Waals surface area (Å²) in [4.78, 5) is 29.4. The number of halogens is 1. The molecule has 7 rings (SSSR count). The van der Waals surface area contributed by atoms with Crippen molar-refractivity contribution in [1.29, 1.82) is 0 Å². The Balaban J connectivity index is 0.000000559. The number of amides is 1. The highest BCUT2D eigenvalue weighted by atomic mass is 35.5. The summed E-state index contributed by atoms with van der Waals surface area (Å²) in [6, 6.07) is 11.1. The Bertz CT molecular complexity index is 1530. The maximum atomic E-state index is 13.5. The normalized spacial score (nSPS) is 29.8. The minimum Gasteiger partial charge on any atom is -0.504 e. The van der Waals surface area contributed by atoms with Gasteiger partial charge in [-0.15, -0.1) is 0 Å². The Hall–Kier alpha value is -2.92. The summed E-state index contributed by atoms with van der Waals surface area (Å²) in [7, 11) is -3.67. The van der Waals surface area contributed by atoms with E-state index in [1.807, 2.05) is 18.2 Å². The molecule has 1 amide bonds. The van der Waals surface area contributed by atoms with Crippen LogP contribution < -0.4 is 10.1 Å². The van der Waals surface area contributed by atoms with E-state index in [1.54, 1.807) is 30.4 Å². The summed E-state index contributed by atoms with van der Waals surface area (Å²) < 4.78 is 32.2. The molecule has 3 aliphatic carbocycles. The highest BCUT2D eigenvalue weighted by molar-refractivity contribution is 7.85. The average molecular weight is 601 g/mol. The Labute approximate surface area is 244 Å². The van der Waals surface area contributed by atoms with Crippen LogP contribution in [-0.2, 0) is 31.5 Å². The Kier molecular flexibility index (Phi) is 6.96. The molecule has 41 heavy (non-hydrogen) atoms. The van der Waals surface area contributed by atoms with E-state index in [0.717, 1.165) is 42.6 Å². The number of phenols is 1. The molecule has 4 atom stereocenters. The van der Waals surface area contributed by atoms with Crippen LogP contribution in [0.4, 0.5) is 0 Å². The lowest BCUT2D eigenvalue weighted by molar-refractivity contribution is -0.148. The van der Waals surface area contributed by atoms with Crippen LogP contribution in [0.5, 0.6) is 11.5 Å². The number of hydrogen-bond acceptors (Lipinski definition) is 7. The Morgan fingerprint density at radius 1 is 1.20 bits per heavy atom. The predicted octanol–water partition coefficient (Wildman–Crippen LogP) is 3.52. The number of hydrogen-bond donors (Lipinski definition) is 3. The molecule has 1 spiro atoms. The van der Waals surface area contributed by atoms with Crippen LogP contribution in [0.3, 0.4) is 0 Å². The first-order valence-corrected chi connectivity index (χ1v) is 16.1. The number of ether oxygens (including phenoxy) is 1. The van der Waals surface area contributed by atoms with Crippen molar-refractivity contribution in [1.82, 2.24) is 10.2 Å². The summed E-state index contributed by atoms with van der Waals surface area (Å²) >= 11 is 6.00. The minimum absolute atomic E-state index is 0.0643. The van der Waals surface area contributed by atoms with Gasteiger partial charge in [0, 0.05) is 35.7 Å². The first-order valence-electron chi connectivity index (χ1n) is 13.9. The van der Waals surface area contributed by atoms with Crippen molar-refractivity contribution in [2.45, 2.75) is 61.6 Å². The molecule has 3 fully saturated rings. The Morgan fingerprint density at radius 2 is 1.90 bits per heavy atom. The van der Waals surface area contributed by atoms with E-state index in [4.69, 9.17) is 20.9 Å². The van der Waals surface area contributed by atoms with E-state index in [1.165, 1.54) is 12.8 Å². The maximum absolute atomic E-state index is 13.5. The number of nitrogens with one attached hydrogen (secondary N) is 1. The van der Waals surface area contributed by atoms with Crippen molar-refractivity contribution in [2.75, 3.05) is 19.3 Å². The Morgan fingerprint density at radius 3 is 2.59 bits per heavy atom. The number of phenolic OH excluding ortho intramolecular Hbond substituents is 1. The highest BCUT2D eigenvalue weighted by Gasteiger charge is 2.73. The van der Waals surface area contributed by atoms with Crippen molar-refractivity contribution >= 4 is 39.5 Å². The number of benzene rings is 2. The van der Waals surface area contributed by atoms with Gasteiger partial charge in [0.1, 0.15) is 0 Å². The lowest BCUT2D eigenvalue weighted by Crippen LogP contribution is -2.81. The van der Waals surface area contributed by atoms with Crippen LogP contribution in [0.2, 0.25) is 5.02 Å². The van der Waals surface area contributed by atoms with Gasteiger partial charge in [0.25, 0.3) is 10.1 Å². The van der Waals surface area contributed by atoms with Crippen molar-refractivity contribution in [3.8, 4) is 11.5 Å². The van der Waals surface area contributed by atoms with E-state index >= 15 is 0 Å². The largest absolute Gasteiger partial charge is 0.504 e. The monoisotopic (exact) mass is 600 g/mol. The molecule has 0 aromatic heterocycles. The number of carbonyl (C=O) groups is 2. The zero-order valence-corrected chi connectivity index (χ0v) is 24.2. The number of ketones is 1. The number of aromatic hydroxyl groups is 1. The van der Waals surface area contributed by atoms with Gasteiger partial charge in [-0.25, -0.2) is 0 Å². The SMILES string of the molecule is CS(=O)(=O)O.O=C(/C=C/c1ccc(Cl)cc1)N[C@@]12CCC(=O)[C@@H]3Oc4c(O)ccc5c4C31CCN(CC1CC1)C2C5. The maximum Gasteiger partial charge on any atom is 0.261 e. The molecule has 5 aliphatic rings. The molecule has 2 aromatic carbocycles. The summed E-state index contributed by atoms with van der Waals surface area (Å²) in [5.74, 6) is 1.13. The smallest absolute Gasteiger partial charge is 0.261 e. The molecule has 2 unspecified atom stereocenters. The summed E-state index contributed by atoms with van der Waals surface area (Å²) in [5.41, 5.74) is 1.66. The highest BCUT2D eigenvalue weighted by Crippen LogP contribution is 2.65. The van der Waals surface area contributed by atoms with E-state index in [9.17, 15) is 23.1 Å². The second-order valence-electron chi connectivity index (χ2n) is 11.9. The minimum atomic E-state index is -3.67. The van der Waals surface area contributed by atoms with Crippen LogP contribution in [0, 0.1) is 5.92 Å². The van der Waals surface area contributed by atoms with Gasteiger partial charge in [0.2, 0.25) is 5.91 Å². The summed E-state index contributed by atoms with van der Waals surface area (Å²) in [6.45, 7) is 1.89. The fourth-order valence-corrected chi connectivity index (χ4v) is 7.70. The van der Waals surface area contributed by atoms with Crippen molar-refractivity contribution < 1.29 is 32.4 Å². The second kappa shape index (κ2) is 10.1.